The lowest BCUT2D eigenvalue weighted by molar-refractivity contribution is 0.434. The van der Waals surface area contributed by atoms with Crippen molar-refractivity contribution in [1.82, 2.24) is 0 Å². The molecule has 1 aliphatic carbocycles. The van der Waals surface area contributed by atoms with Crippen molar-refractivity contribution in [3.63, 3.8) is 0 Å². The third-order valence-electron chi connectivity index (χ3n) is 2.08. The van der Waals surface area contributed by atoms with E-state index in [1.54, 1.807) is 0 Å². The van der Waals surface area contributed by atoms with Gasteiger partial charge in [-0.3, -0.25) is 0 Å². The summed E-state index contributed by atoms with van der Waals surface area (Å²) in [6, 6.07) is 6.29. The van der Waals surface area contributed by atoms with Crippen LogP contribution in [0.15, 0.2) is 28.4 Å². The Morgan fingerprint density at radius 2 is 2.27 bits per heavy atom. The molecule has 1 unspecified atom stereocenters. The van der Waals surface area contributed by atoms with Gasteiger partial charge in [0.25, 0.3) is 0 Å². The lowest BCUT2D eigenvalue weighted by atomic mass is 10.1. The Hall–Kier alpha value is -0.760. The van der Waals surface area contributed by atoms with E-state index in [2.05, 4.69) is 40.2 Å². The minimum Gasteiger partial charge on any atom is -0.478 e. The molecule has 54 valence electrons. The second-order valence-corrected chi connectivity index (χ2v) is 3.73. The topological polar surface area (TPSA) is 12.5 Å². The van der Waals surface area contributed by atoms with Crippen LogP contribution in [0.4, 0.5) is 0 Å². The second-order valence-electron chi connectivity index (χ2n) is 2.82. The van der Waals surface area contributed by atoms with Crippen LogP contribution in [0, 0.1) is 0 Å². The van der Waals surface area contributed by atoms with E-state index in [1.807, 2.05) is 0 Å². The number of fused-ring (bicyclic) bond motifs is 3. The Kier molecular flexibility index (Phi) is 0.899. The quantitative estimate of drug-likeness (QED) is 0.598. The molecule has 0 bridgehead atoms. The standard InChI is InChI=1S/C9H5BrO/c10-6-2-1-5-3-8-9(11-8)7(5)4-6/h1-4,9H. The van der Waals surface area contributed by atoms with Crippen molar-refractivity contribution in [3.8, 4) is 0 Å². The summed E-state index contributed by atoms with van der Waals surface area (Å²) in [6.07, 6.45) is 2.40. The highest BCUT2D eigenvalue weighted by atomic mass is 79.9. The van der Waals surface area contributed by atoms with Crippen molar-refractivity contribution < 1.29 is 4.74 Å². The maximum atomic E-state index is 5.27. The molecule has 2 aliphatic rings. The van der Waals surface area contributed by atoms with Gasteiger partial charge >= 0.3 is 0 Å². The molecule has 1 fully saturated rings. The maximum Gasteiger partial charge on any atom is 0.181 e. The summed E-state index contributed by atoms with van der Waals surface area (Å²) in [4.78, 5) is 0. The van der Waals surface area contributed by atoms with E-state index in [4.69, 9.17) is 4.74 Å². The van der Waals surface area contributed by atoms with Gasteiger partial charge in [-0.1, -0.05) is 22.0 Å². The Morgan fingerprint density at radius 3 is 3.18 bits per heavy atom. The highest BCUT2D eigenvalue weighted by Gasteiger charge is 2.40. The summed E-state index contributed by atoms with van der Waals surface area (Å²) in [7, 11) is 0. The van der Waals surface area contributed by atoms with Gasteiger partial charge in [0.15, 0.2) is 6.10 Å². The second kappa shape index (κ2) is 1.69. The molecule has 1 aromatic rings. The normalized spacial score (nSPS) is 23.4. The van der Waals surface area contributed by atoms with E-state index in [-0.39, 0.29) is 0 Å². The number of benzene rings is 1. The zero-order valence-electron chi connectivity index (χ0n) is 5.67. The first-order valence-electron chi connectivity index (χ1n) is 3.52. The van der Waals surface area contributed by atoms with Crippen molar-refractivity contribution in [3.05, 3.63) is 39.6 Å². The average Bonchev–Trinajstić information content (AvgIpc) is 2.67. The van der Waals surface area contributed by atoms with Crippen molar-refractivity contribution >= 4 is 22.0 Å². The molecule has 1 heterocycles. The summed E-state index contributed by atoms with van der Waals surface area (Å²) < 4.78 is 6.40. The van der Waals surface area contributed by atoms with Gasteiger partial charge in [-0.15, -0.1) is 0 Å². The smallest absolute Gasteiger partial charge is 0.181 e. The van der Waals surface area contributed by atoms with Crippen molar-refractivity contribution in [2.45, 2.75) is 6.10 Å². The minimum atomic E-state index is 0.294. The molecule has 2 heteroatoms. The third-order valence-corrected chi connectivity index (χ3v) is 2.58. The van der Waals surface area contributed by atoms with E-state index in [1.165, 1.54) is 11.1 Å². The Bertz CT molecular complexity index is 368. The van der Waals surface area contributed by atoms with Gasteiger partial charge in [-0.05, 0) is 23.8 Å². The maximum absolute atomic E-state index is 5.27. The molecular formula is C9H5BrO. The average molecular weight is 209 g/mol. The minimum absolute atomic E-state index is 0.294. The predicted octanol–water partition coefficient (Wildman–Crippen LogP) is 2.87. The fourth-order valence-electron chi connectivity index (χ4n) is 1.49. The summed E-state index contributed by atoms with van der Waals surface area (Å²) in [6.45, 7) is 0. The van der Waals surface area contributed by atoms with E-state index in [0.29, 0.717) is 6.10 Å². The van der Waals surface area contributed by atoms with Crippen LogP contribution >= 0.6 is 15.9 Å². The van der Waals surface area contributed by atoms with Gasteiger partial charge in [0.1, 0.15) is 5.76 Å². The summed E-state index contributed by atoms with van der Waals surface area (Å²) in [5.74, 6) is 1.12. The van der Waals surface area contributed by atoms with Crippen LogP contribution in [0.2, 0.25) is 0 Å². The summed E-state index contributed by atoms with van der Waals surface area (Å²) in [5.41, 5.74) is 2.61. The Labute approximate surface area is 72.8 Å². The number of ether oxygens (including phenoxy) is 1. The molecule has 1 aliphatic heterocycles. The van der Waals surface area contributed by atoms with Crippen molar-refractivity contribution in [2.75, 3.05) is 0 Å². The lowest BCUT2D eigenvalue weighted by Gasteiger charge is -1.98. The molecule has 1 atom stereocenters. The van der Waals surface area contributed by atoms with Crippen LogP contribution in [0.5, 0.6) is 0 Å². The number of hydrogen-bond donors (Lipinski definition) is 0. The summed E-state index contributed by atoms with van der Waals surface area (Å²) >= 11 is 3.43. The van der Waals surface area contributed by atoms with E-state index >= 15 is 0 Å². The Morgan fingerprint density at radius 1 is 1.36 bits per heavy atom. The molecule has 1 nitrogen and oxygen atoms in total. The predicted molar refractivity (Wildman–Crippen MR) is 45.9 cm³/mol. The van der Waals surface area contributed by atoms with E-state index in [9.17, 15) is 0 Å². The van der Waals surface area contributed by atoms with Crippen LogP contribution in [0.1, 0.15) is 17.2 Å². The number of hydrogen-bond acceptors (Lipinski definition) is 1. The highest BCUT2D eigenvalue weighted by Crippen LogP contribution is 2.51. The molecule has 0 aromatic heterocycles. The SMILES string of the molecule is Brc1ccc2c(c1)C1OC1=C2. The fraction of sp³-hybridized carbons (Fsp3) is 0.111. The Balaban J connectivity index is 2.26. The van der Waals surface area contributed by atoms with Gasteiger partial charge in [0.05, 0.1) is 0 Å². The van der Waals surface area contributed by atoms with Gasteiger partial charge in [0.2, 0.25) is 0 Å². The molecule has 0 spiro atoms. The van der Waals surface area contributed by atoms with Crippen LogP contribution < -0.4 is 0 Å². The number of rotatable bonds is 0. The van der Waals surface area contributed by atoms with Crippen LogP contribution in [-0.2, 0) is 4.74 Å². The van der Waals surface area contributed by atoms with Gasteiger partial charge in [0, 0.05) is 10.0 Å². The third kappa shape index (κ3) is 0.703. The zero-order chi connectivity index (χ0) is 7.42. The van der Waals surface area contributed by atoms with E-state index in [0.717, 1.165) is 10.2 Å². The fourth-order valence-corrected chi connectivity index (χ4v) is 1.86. The van der Waals surface area contributed by atoms with Gasteiger partial charge in [-0.25, -0.2) is 0 Å². The van der Waals surface area contributed by atoms with Crippen LogP contribution in [0.3, 0.4) is 0 Å². The molecule has 3 rings (SSSR count). The van der Waals surface area contributed by atoms with Gasteiger partial charge < -0.3 is 4.74 Å². The van der Waals surface area contributed by atoms with Crippen molar-refractivity contribution in [1.29, 1.82) is 0 Å². The first-order valence-corrected chi connectivity index (χ1v) is 4.31. The van der Waals surface area contributed by atoms with Crippen LogP contribution in [0.25, 0.3) is 6.08 Å². The molecule has 0 saturated carbocycles. The lowest BCUT2D eigenvalue weighted by Crippen LogP contribution is -1.81. The molecule has 1 aromatic carbocycles. The molecule has 0 radical (unpaired) electrons. The zero-order valence-corrected chi connectivity index (χ0v) is 7.26. The van der Waals surface area contributed by atoms with Crippen molar-refractivity contribution in [2.24, 2.45) is 0 Å². The summed E-state index contributed by atoms with van der Waals surface area (Å²) in [5, 5.41) is 0. The molecule has 1 saturated heterocycles. The van der Waals surface area contributed by atoms with E-state index < -0.39 is 0 Å². The monoisotopic (exact) mass is 208 g/mol. The molecule has 0 N–H and O–H groups in total. The number of epoxide rings is 1. The number of halogens is 1. The first kappa shape index (κ1) is 5.84. The van der Waals surface area contributed by atoms with Gasteiger partial charge in [-0.2, -0.15) is 0 Å². The first-order chi connectivity index (χ1) is 5.34. The largest absolute Gasteiger partial charge is 0.478 e. The highest BCUT2D eigenvalue weighted by molar-refractivity contribution is 9.10. The molecular weight excluding hydrogens is 204 g/mol. The van der Waals surface area contributed by atoms with Crippen LogP contribution in [-0.4, -0.2) is 0 Å². The molecule has 11 heavy (non-hydrogen) atoms. The molecule has 0 amide bonds.